The Hall–Kier alpha value is -2.90. The Kier molecular flexibility index (Phi) is 4.56. The highest BCUT2D eigenvalue weighted by Gasteiger charge is 2.19. The van der Waals surface area contributed by atoms with Gasteiger partial charge in [-0.2, -0.15) is 0 Å². The Morgan fingerprint density at radius 1 is 1.14 bits per heavy atom. The maximum absolute atomic E-state index is 12.6. The van der Waals surface area contributed by atoms with Crippen LogP contribution in [0.25, 0.3) is 16.7 Å². The lowest BCUT2D eigenvalue weighted by atomic mass is 10.1. The Morgan fingerprint density at radius 3 is 2.57 bits per heavy atom. The van der Waals surface area contributed by atoms with Crippen molar-refractivity contribution in [1.82, 2.24) is 19.2 Å². The quantitative estimate of drug-likeness (QED) is 0.477. The van der Waals surface area contributed by atoms with Crippen LogP contribution in [0, 0.1) is 6.92 Å². The minimum Gasteiger partial charge on any atom is -0.454 e. The van der Waals surface area contributed by atoms with Crippen LogP contribution in [0.1, 0.15) is 21.7 Å². The molecule has 142 valence electrons. The molecular formula is C19H14Cl2N4O3. The molecule has 0 N–H and O–H groups in total. The van der Waals surface area contributed by atoms with Gasteiger partial charge in [-0.05, 0) is 31.2 Å². The first kappa shape index (κ1) is 18.5. The lowest BCUT2D eigenvalue weighted by molar-refractivity contribution is 0.0462. The van der Waals surface area contributed by atoms with Crippen LogP contribution in [0.4, 0.5) is 0 Å². The van der Waals surface area contributed by atoms with Crippen molar-refractivity contribution in [3.63, 3.8) is 0 Å². The average Bonchev–Trinajstić information content (AvgIpc) is 3.08. The maximum Gasteiger partial charge on any atom is 0.341 e. The van der Waals surface area contributed by atoms with Crippen molar-refractivity contribution < 1.29 is 9.53 Å². The summed E-state index contributed by atoms with van der Waals surface area (Å²) in [5, 5.41) is 9.09. The fraction of sp³-hybridized carbons (Fsp3) is 0.158. The number of carbonyl (C=O) groups is 1. The fourth-order valence-electron chi connectivity index (χ4n) is 3.05. The normalized spacial score (nSPS) is 11.3. The van der Waals surface area contributed by atoms with Crippen LogP contribution in [0.15, 0.2) is 41.2 Å². The van der Waals surface area contributed by atoms with E-state index in [2.05, 4.69) is 10.2 Å². The third kappa shape index (κ3) is 2.93. The molecule has 0 aliphatic rings. The number of aromatic nitrogens is 4. The van der Waals surface area contributed by atoms with E-state index in [1.807, 2.05) is 19.1 Å². The molecule has 7 nitrogen and oxygen atoms in total. The summed E-state index contributed by atoms with van der Waals surface area (Å²) in [6.07, 6.45) is 0. The Labute approximate surface area is 169 Å². The van der Waals surface area contributed by atoms with E-state index in [0.29, 0.717) is 22.5 Å². The summed E-state index contributed by atoms with van der Waals surface area (Å²) in [7, 11) is 1.62. The predicted molar refractivity (Wildman–Crippen MR) is 106 cm³/mol. The van der Waals surface area contributed by atoms with E-state index in [0.717, 1.165) is 5.56 Å². The summed E-state index contributed by atoms with van der Waals surface area (Å²) in [6, 6.07) is 10.3. The van der Waals surface area contributed by atoms with Crippen LogP contribution >= 0.6 is 23.2 Å². The molecule has 0 amide bonds. The average molecular weight is 417 g/mol. The summed E-state index contributed by atoms with van der Waals surface area (Å²) >= 11 is 12.1. The molecule has 0 bridgehead atoms. The molecule has 0 aliphatic heterocycles. The fourth-order valence-corrected chi connectivity index (χ4v) is 3.60. The van der Waals surface area contributed by atoms with E-state index in [1.54, 1.807) is 35.7 Å². The highest BCUT2D eigenvalue weighted by Crippen LogP contribution is 2.25. The zero-order valence-electron chi connectivity index (χ0n) is 14.9. The van der Waals surface area contributed by atoms with Crippen LogP contribution in [0.2, 0.25) is 10.0 Å². The minimum atomic E-state index is -0.669. The van der Waals surface area contributed by atoms with Gasteiger partial charge in [-0.25, -0.2) is 4.79 Å². The summed E-state index contributed by atoms with van der Waals surface area (Å²) in [5.74, 6) is 0.0523. The van der Waals surface area contributed by atoms with E-state index in [1.165, 1.54) is 4.57 Å². The Balaban J connectivity index is 1.77. The number of fused-ring (bicyclic) bond motifs is 3. The van der Waals surface area contributed by atoms with Crippen LogP contribution < -0.4 is 5.56 Å². The molecule has 2 aromatic heterocycles. The van der Waals surface area contributed by atoms with Crippen molar-refractivity contribution >= 4 is 45.9 Å². The van der Waals surface area contributed by atoms with Crippen molar-refractivity contribution in [1.29, 1.82) is 0 Å². The van der Waals surface area contributed by atoms with Crippen molar-refractivity contribution in [3.8, 4) is 0 Å². The Bertz CT molecular complexity index is 1290. The molecule has 28 heavy (non-hydrogen) atoms. The lowest BCUT2D eigenvalue weighted by Crippen LogP contribution is -2.20. The molecule has 0 fully saturated rings. The SMILES string of the molecule is Cc1ccc2c(c1)c(=O)n(C)c1nnc(COC(=O)c3c(Cl)cccc3Cl)n21. The number of halogens is 2. The van der Waals surface area contributed by atoms with Gasteiger partial charge >= 0.3 is 5.97 Å². The first-order valence-electron chi connectivity index (χ1n) is 8.33. The van der Waals surface area contributed by atoms with Crippen LogP contribution in [0.5, 0.6) is 0 Å². The third-order valence-corrected chi connectivity index (χ3v) is 5.07. The topological polar surface area (TPSA) is 78.5 Å². The number of ether oxygens (including phenoxy) is 1. The molecule has 4 rings (SSSR count). The molecule has 2 heterocycles. The van der Waals surface area contributed by atoms with Gasteiger partial charge in [0.25, 0.3) is 5.56 Å². The molecule has 0 saturated carbocycles. The van der Waals surface area contributed by atoms with Crippen molar-refractivity contribution in [2.45, 2.75) is 13.5 Å². The highest BCUT2D eigenvalue weighted by atomic mass is 35.5. The lowest BCUT2D eigenvalue weighted by Gasteiger charge is -2.10. The second kappa shape index (κ2) is 6.92. The molecule has 0 saturated heterocycles. The molecule has 0 unspecified atom stereocenters. The maximum atomic E-state index is 12.6. The van der Waals surface area contributed by atoms with Crippen LogP contribution in [-0.4, -0.2) is 25.1 Å². The van der Waals surface area contributed by atoms with E-state index in [4.69, 9.17) is 27.9 Å². The first-order valence-corrected chi connectivity index (χ1v) is 9.08. The summed E-state index contributed by atoms with van der Waals surface area (Å²) in [5.41, 5.74) is 1.51. The molecular weight excluding hydrogens is 403 g/mol. The van der Waals surface area contributed by atoms with Gasteiger partial charge in [-0.1, -0.05) is 40.9 Å². The van der Waals surface area contributed by atoms with Gasteiger partial charge in [0, 0.05) is 7.05 Å². The van der Waals surface area contributed by atoms with Gasteiger partial charge in [-0.3, -0.25) is 13.8 Å². The monoisotopic (exact) mass is 416 g/mol. The van der Waals surface area contributed by atoms with E-state index < -0.39 is 5.97 Å². The molecule has 4 aromatic rings. The minimum absolute atomic E-state index is 0.0903. The molecule has 0 spiro atoms. The zero-order valence-corrected chi connectivity index (χ0v) is 16.5. The number of hydrogen-bond acceptors (Lipinski definition) is 5. The first-order chi connectivity index (χ1) is 13.4. The molecule has 2 aromatic carbocycles. The molecule has 0 aliphatic carbocycles. The summed E-state index contributed by atoms with van der Waals surface area (Å²) in [6.45, 7) is 1.74. The second-order valence-corrected chi connectivity index (χ2v) is 7.12. The highest BCUT2D eigenvalue weighted by molar-refractivity contribution is 6.39. The van der Waals surface area contributed by atoms with Gasteiger partial charge in [0.05, 0.1) is 26.5 Å². The van der Waals surface area contributed by atoms with E-state index in [-0.39, 0.29) is 27.8 Å². The largest absolute Gasteiger partial charge is 0.454 e. The van der Waals surface area contributed by atoms with E-state index in [9.17, 15) is 9.59 Å². The Morgan fingerprint density at radius 2 is 1.86 bits per heavy atom. The van der Waals surface area contributed by atoms with Gasteiger partial charge in [0.15, 0.2) is 12.4 Å². The van der Waals surface area contributed by atoms with Gasteiger partial charge in [-0.15, -0.1) is 10.2 Å². The number of hydrogen-bond donors (Lipinski definition) is 0. The number of nitrogens with zero attached hydrogens (tertiary/aromatic N) is 4. The molecule has 0 radical (unpaired) electrons. The van der Waals surface area contributed by atoms with Crippen molar-refractivity contribution in [2.24, 2.45) is 7.05 Å². The van der Waals surface area contributed by atoms with Gasteiger partial charge < -0.3 is 4.74 Å². The molecule has 0 atom stereocenters. The van der Waals surface area contributed by atoms with E-state index >= 15 is 0 Å². The van der Waals surface area contributed by atoms with Crippen LogP contribution in [0.3, 0.4) is 0 Å². The van der Waals surface area contributed by atoms with Gasteiger partial charge in [0.2, 0.25) is 5.78 Å². The number of carbonyl (C=O) groups excluding carboxylic acids is 1. The molecule has 9 heteroatoms. The third-order valence-electron chi connectivity index (χ3n) is 4.44. The van der Waals surface area contributed by atoms with Crippen LogP contribution in [-0.2, 0) is 18.4 Å². The van der Waals surface area contributed by atoms with Crippen molar-refractivity contribution in [2.75, 3.05) is 0 Å². The number of benzene rings is 2. The standard InChI is InChI=1S/C19H14Cl2N4O3/c1-10-6-7-14-11(8-10)17(26)24(2)19-23-22-15(25(14)19)9-28-18(27)16-12(20)4-3-5-13(16)21/h3-8H,9H2,1-2H3. The number of rotatable bonds is 3. The smallest absolute Gasteiger partial charge is 0.341 e. The van der Waals surface area contributed by atoms with Gasteiger partial charge in [0.1, 0.15) is 0 Å². The second-order valence-electron chi connectivity index (χ2n) is 6.31. The zero-order chi connectivity index (χ0) is 20.0. The number of esters is 1. The predicted octanol–water partition coefficient (Wildman–Crippen LogP) is 3.55. The summed E-state index contributed by atoms with van der Waals surface area (Å²) in [4.78, 5) is 25.0. The van der Waals surface area contributed by atoms with Crippen molar-refractivity contribution in [3.05, 3.63) is 73.7 Å². The summed E-state index contributed by atoms with van der Waals surface area (Å²) < 4.78 is 8.47. The number of aryl methyl sites for hydroxylation is 2.